The van der Waals surface area contributed by atoms with Gasteiger partial charge in [0.1, 0.15) is 0 Å². The first-order chi connectivity index (χ1) is 36.8. The summed E-state index contributed by atoms with van der Waals surface area (Å²) in [5.41, 5.74) is 14.1. The van der Waals surface area contributed by atoms with Crippen LogP contribution >= 0.6 is 0 Å². The van der Waals surface area contributed by atoms with Gasteiger partial charge in [-0.2, -0.15) is 0 Å². The molecule has 0 bridgehead atoms. The molecule has 0 aliphatic heterocycles. The Morgan fingerprint density at radius 2 is 0.547 bits per heavy atom. The fourth-order valence-electron chi connectivity index (χ4n) is 9.43. The summed E-state index contributed by atoms with van der Waals surface area (Å²) in [6.07, 6.45) is 5.41. The average Bonchev–Trinajstić information content (AvgIpc) is 3.49. The van der Waals surface area contributed by atoms with E-state index in [0.717, 1.165) is 67.2 Å². The summed E-state index contributed by atoms with van der Waals surface area (Å²) >= 11 is 0. The summed E-state index contributed by atoms with van der Waals surface area (Å²) < 4.78 is 0. The lowest BCUT2D eigenvalue weighted by Gasteiger charge is -2.25. The van der Waals surface area contributed by atoms with Crippen molar-refractivity contribution in [2.75, 3.05) is 34.3 Å². The fourth-order valence-corrected chi connectivity index (χ4v) is 9.43. The number of pyridine rings is 3. The molecule has 10 aromatic rings. The second kappa shape index (κ2) is 22.4. The molecule has 75 heavy (non-hydrogen) atoms. The Labute approximate surface area is 438 Å². The van der Waals surface area contributed by atoms with E-state index < -0.39 is 0 Å². The van der Waals surface area contributed by atoms with Gasteiger partial charge in [-0.3, -0.25) is 29.3 Å². The van der Waals surface area contributed by atoms with Crippen molar-refractivity contribution >= 4 is 34.8 Å². The highest BCUT2D eigenvalue weighted by molar-refractivity contribution is 6.14. The van der Waals surface area contributed by atoms with Crippen LogP contribution in [0.2, 0.25) is 0 Å². The molecule has 3 aromatic heterocycles. The van der Waals surface area contributed by atoms with Crippen LogP contribution in [0.25, 0.3) is 67.2 Å². The number of anilines is 3. The minimum absolute atomic E-state index is 0.207. The van der Waals surface area contributed by atoms with Gasteiger partial charge in [0.05, 0.1) is 17.1 Å². The van der Waals surface area contributed by atoms with Crippen LogP contribution in [0.5, 0.6) is 0 Å². The largest absolute Gasteiger partial charge is 0.309 e. The Bertz CT molecular complexity index is 3210. The molecule has 9 nitrogen and oxygen atoms in total. The molecule has 0 unspecified atom stereocenters. The highest BCUT2D eigenvalue weighted by Crippen LogP contribution is 2.32. The standard InChI is InChI=1S/C66H54N6O3/c1-4-70(58-28-22-49(23-29-58)61-43-52(34-37-67-61)46-16-10-7-11-17-46)64(73)55-40-56(65(74)71(5-2)59-30-24-50(25-31-59)62-44-53(35-38-68-62)47-18-12-8-13-19-47)42-57(41-55)66(75)72(6-3)60-32-26-51(27-33-60)63-45-54(36-39-69-63)48-20-14-9-15-21-48/h7-45H,4-6H2,1-3H3. The summed E-state index contributed by atoms with van der Waals surface area (Å²) in [7, 11) is 0. The predicted molar refractivity (Wildman–Crippen MR) is 304 cm³/mol. The minimum atomic E-state index is -0.353. The molecule has 0 atom stereocenters. The number of benzene rings is 7. The van der Waals surface area contributed by atoms with E-state index in [2.05, 4.69) is 69.5 Å². The summed E-state index contributed by atoms with van der Waals surface area (Å²) in [4.78, 5) is 63.7. The maximum absolute atomic E-state index is 14.9. The third-order valence-corrected chi connectivity index (χ3v) is 13.4. The van der Waals surface area contributed by atoms with Crippen LogP contribution in [0.4, 0.5) is 17.1 Å². The Kier molecular flexibility index (Phi) is 14.7. The number of aromatic nitrogens is 3. The van der Waals surface area contributed by atoms with Gasteiger partial charge in [0.25, 0.3) is 17.7 Å². The lowest BCUT2D eigenvalue weighted by Crippen LogP contribution is -2.34. The molecule has 366 valence electrons. The zero-order chi connectivity index (χ0) is 51.7. The van der Waals surface area contributed by atoms with Crippen LogP contribution in [0.1, 0.15) is 51.8 Å². The van der Waals surface area contributed by atoms with Gasteiger partial charge in [0, 0.05) is 88.7 Å². The van der Waals surface area contributed by atoms with Crippen LogP contribution in [0.15, 0.2) is 237 Å². The summed E-state index contributed by atoms with van der Waals surface area (Å²) in [6, 6.07) is 70.6. The molecule has 3 amide bonds. The topological polar surface area (TPSA) is 99.6 Å². The van der Waals surface area contributed by atoms with Gasteiger partial charge in [0.15, 0.2) is 0 Å². The molecule has 0 N–H and O–H groups in total. The second-order valence-corrected chi connectivity index (χ2v) is 18.0. The van der Waals surface area contributed by atoms with Crippen molar-refractivity contribution in [2.45, 2.75) is 20.8 Å². The van der Waals surface area contributed by atoms with Crippen molar-refractivity contribution in [3.05, 3.63) is 254 Å². The van der Waals surface area contributed by atoms with E-state index in [1.807, 2.05) is 166 Å². The molecule has 7 aromatic carbocycles. The summed E-state index contributed by atoms with van der Waals surface area (Å²) in [5.74, 6) is -1.06. The van der Waals surface area contributed by atoms with E-state index in [-0.39, 0.29) is 34.4 Å². The molecule has 0 fully saturated rings. The second-order valence-electron chi connectivity index (χ2n) is 18.0. The van der Waals surface area contributed by atoms with Gasteiger partial charge < -0.3 is 14.7 Å². The minimum Gasteiger partial charge on any atom is -0.309 e. The first kappa shape index (κ1) is 49.0. The van der Waals surface area contributed by atoms with E-state index in [1.54, 1.807) is 51.5 Å². The van der Waals surface area contributed by atoms with Crippen LogP contribution in [-0.2, 0) is 0 Å². The van der Waals surface area contributed by atoms with Crippen LogP contribution in [-0.4, -0.2) is 52.3 Å². The predicted octanol–water partition coefficient (Wildman–Crippen LogP) is 14.9. The smallest absolute Gasteiger partial charge is 0.258 e. The lowest BCUT2D eigenvalue weighted by atomic mass is 10.0. The Morgan fingerprint density at radius 3 is 0.787 bits per heavy atom. The molecule has 0 radical (unpaired) electrons. The molecule has 9 heteroatoms. The van der Waals surface area contributed by atoms with E-state index in [1.165, 1.54) is 0 Å². The Balaban J connectivity index is 0.966. The molecule has 0 aliphatic rings. The molecular weight excluding hydrogens is 925 g/mol. The Hall–Kier alpha value is -9.60. The Morgan fingerprint density at radius 1 is 0.293 bits per heavy atom. The van der Waals surface area contributed by atoms with Crippen molar-refractivity contribution in [3.8, 4) is 67.2 Å². The van der Waals surface area contributed by atoms with E-state index in [9.17, 15) is 14.4 Å². The first-order valence-electron chi connectivity index (χ1n) is 25.2. The van der Waals surface area contributed by atoms with Gasteiger partial charge in [-0.25, -0.2) is 0 Å². The number of carbonyl (C=O) groups excluding carboxylic acids is 3. The lowest BCUT2D eigenvalue weighted by molar-refractivity contribution is 0.0987. The maximum Gasteiger partial charge on any atom is 0.258 e. The average molecular weight is 979 g/mol. The number of hydrogen-bond acceptors (Lipinski definition) is 6. The first-order valence-corrected chi connectivity index (χ1v) is 25.2. The normalized spacial score (nSPS) is 10.9. The molecular formula is C66H54N6O3. The number of rotatable bonds is 15. The van der Waals surface area contributed by atoms with E-state index in [4.69, 9.17) is 0 Å². The highest BCUT2D eigenvalue weighted by atomic mass is 16.2. The van der Waals surface area contributed by atoms with Crippen LogP contribution in [0.3, 0.4) is 0 Å². The van der Waals surface area contributed by atoms with Gasteiger partial charge in [-0.1, -0.05) is 127 Å². The molecule has 0 saturated heterocycles. The third kappa shape index (κ3) is 10.8. The van der Waals surface area contributed by atoms with Crippen molar-refractivity contribution in [3.63, 3.8) is 0 Å². The number of amides is 3. The van der Waals surface area contributed by atoms with Crippen molar-refractivity contribution in [1.82, 2.24) is 15.0 Å². The van der Waals surface area contributed by atoms with Gasteiger partial charge in [-0.05, 0) is 145 Å². The summed E-state index contributed by atoms with van der Waals surface area (Å²) in [6.45, 7) is 6.70. The maximum atomic E-state index is 14.9. The quantitative estimate of drug-likeness (QED) is 0.101. The van der Waals surface area contributed by atoms with Gasteiger partial charge in [-0.15, -0.1) is 0 Å². The fraction of sp³-hybridized carbons (Fsp3) is 0.0909. The van der Waals surface area contributed by atoms with E-state index >= 15 is 0 Å². The van der Waals surface area contributed by atoms with Gasteiger partial charge in [0.2, 0.25) is 0 Å². The highest BCUT2D eigenvalue weighted by Gasteiger charge is 2.26. The van der Waals surface area contributed by atoms with Gasteiger partial charge >= 0.3 is 0 Å². The molecule has 10 rings (SSSR count). The number of nitrogens with zero attached hydrogens (tertiary/aromatic N) is 6. The monoisotopic (exact) mass is 978 g/mol. The molecule has 3 heterocycles. The summed E-state index contributed by atoms with van der Waals surface area (Å²) in [5, 5.41) is 0. The van der Waals surface area contributed by atoms with Crippen molar-refractivity contribution in [2.24, 2.45) is 0 Å². The molecule has 0 saturated carbocycles. The number of carbonyl (C=O) groups is 3. The zero-order valence-electron chi connectivity index (χ0n) is 42.0. The van der Waals surface area contributed by atoms with Crippen LogP contribution in [0, 0.1) is 0 Å². The number of hydrogen-bond donors (Lipinski definition) is 0. The van der Waals surface area contributed by atoms with Crippen molar-refractivity contribution in [1.29, 1.82) is 0 Å². The third-order valence-electron chi connectivity index (χ3n) is 13.4. The zero-order valence-corrected chi connectivity index (χ0v) is 42.0. The molecule has 0 aliphatic carbocycles. The SMILES string of the molecule is CCN(C(=O)c1cc(C(=O)N(CC)c2ccc(-c3cc(-c4ccccc4)ccn3)cc2)cc(C(=O)N(CC)c2ccc(-c3cc(-c4ccccc4)ccn3)cc2)c1)c1ccc(-c2cc(-c3ccccc3)ccn2)cc1. The van der Waals surface area contributed by atoms with Crippen molar-refractivity contribution < 1.29 is 14.4 Å². The van der Waals surface area contributed by atoms with E-state index in [0.29, 0.717) is 36.7 Å². The molecule has 0 spiro atoms. The van der Waals surface area contributed by atoms with Crippen LogP contribution < -0.4 is 14.7 Å².